The maximum Gasteiger partial charge on any atom is 0.227 e. The van der Waals surface area contributed by atoms with Crippen molar-refractivity contribution in [1.82, 2.24) is 14.7 Å². The number of nitrogens with zero attached hydrogens (tertiary/aromatic N) is 3. The SMILES string of the molecule is CCOC[C@@H](O)CN(Cc1c(C)nn(-c2cccc(Cl)c2)c1Oc1ccccc1)CC1CC1. The van der Waals surface area contributed by atoms with E-state index >= 15 is 0 Å². The molecule has 1 saturated carbocycles. The van der Waals surface area contributed by atoms with Crippen LogP contribution in [0.15, 0.2) is 54.6 Å². The summed E-state index contributed by atoms with van der Waals surface area (Å²) in [5, 5.41) is 16.0. The second-order valence-electron chi connectivity index (χ2n) is 8.63. The van der Waals surface area contributed by atoms with E-state index in [0.29, 0.717) is 43.1 Å². The maximum atomic E-state index is 10.5. The molecule has 1 heterocycles. The molecule has 4 rings (SSSR count). The molecule has 176 valence electrons. The summed E-state index contributed by atoms with van der Waals surface area (Å²) < 4.78 is 13.6. The van der Waals surface area contributed by atoms with Gasteiger partial charge in [0.2, 0.25) is 5.88 Å². The second kappa shape index (κ2) is 11.2. The zero-order valence-corrected chi connectivity index (χ0v) is 20.0. The smallest absolute Gasteiger partial charge is 0.227 e. The van der Waals surface area contributed by atoms with Crippen LogP contribution in [0.4, 0.5) is 0 Å². The summed E-state index contributed by atoms with van der Waals surface area (Å²) in [7, 11) is 0. The molecule has 1 N–H and O–H groups in total. The topological polar surface area (TPSA) is 59.8 Å². The highest BCUT2D eigenvalue weighted by molar-refractivity contribution is 6.30. The number of hydrogen-bond donors (Lipinski definition) is 1. The van der Waals surface area contributed by atoms with Gasteiger partial charge in [-0.05, 0) is 62.9 Å². The van der Waals surface area contributed by atoms with Gasteiger partial charge >= 0.3 is 0 Å². The maximum absolute atomic E-state index is 10.5. The molecule has 1 fully saturated rings. The van der Waals surface area contributed by atoms with Gasteiger partial charge in [-0.2, -0.15) is 5.10 Å². The van der Waals surface area contributed by atoms with Crippen molar-refractivity contribution in [3.8, 4) is 17.3 Å². The van der Waals surface area contributed by atoms with Gasteiger partial charge < -0.3 is 14.6 Å². The summed E-state index contributed by atoms with van der Waals surface area (Å²) in [5.74, 6) is 2.10. The summed E-state index contributed by atoms with van der Waals surface area (Å²) in [6, 6.07) is 17.3. The van der Waals surface area contributed by atoms with Crippen molar-refractivity contribution in [1.29, 1.82) is 0 Å². The fourth-order valence-electron chi connectivity index (χ4n) is 3.91. The highest BCUT2D eigenvalue weighted by Crippen LogP contribution is 2.34. The van der Waals surface area contributed by atoms with E-state index in [4.69, 9.17) is 26.2 Å². The van der Waals surface area contributed by atoms with Crippen LogP contribution in [0, 0.1) is 12.8 Å². The molecule has 7 heteroatoms. The van der Waals surface area contributed by atoms with E-state index in [-0.39, 0.29) is 0 Å². The minimum Gasteiger partial charge on any atom is -0.439 e. The fraction of sp³-hybridized carbons (Fsp3) is 0.423. The number of hydrogen-bond acceptors (Lipinski definition) is 5. The molecule has 3 aromatic rings. The molecule has 0 radical (unpaired) electrons. The van der Waals surface area contributed by atoms with Gasteiger partial charge in [-0.15, -0.1) is 0 Å². The van der Waals surface area contributed by atoms with Gasteiger partial charge in [0.25, 0.3) is 0 Å². The van der Waals surface area contributed by atoms with Crippen LogP contribution in [0.3, 0.4) is 0 Å². The van der Waals surface area contributed by atoms with Gasteiger partial charge in [0.05, 0.1) is 29.7 Å². The molecular weight excluding hydrogens is 438 g/mol. The number of ether oxygens (including phenoxy) is 2. The average molecular weight is 470 g/mol. The Hall–Kier alpha value is -2.38. The van der Waals surface area contributed by atoms with Gasteiger partial charge in [0.1, 0.15) is 5.75 Å². The summed E-state index contributed by atoms with van der Waals surface area (Å²) in [5.41, 5.74) is 2.73. The summed E-state index contributed by atoms with van der Waals surface area (Å²) >= 11 is 6.27. The standard InChI is InChI=1S/C26H32ClN3O3/c1-3-32-18-23(31)16-29(15-20-12-13-20)17-25-19(2)28-30(22-9-7-8-21(27)14-22)26(25)33-24-10-5-4-6-11-24/h4-11,14,20,23,31H,3,12-13,15-18H2,1-2H3/t23-/m0/s1. The lowest BCUT2D eigenvalue weighted by atomic mass is 10.2. The molecular formula is C26H32ClN3O3. The first kappa shape index (κ1) is 23.8. The Bertz CT molecular complexity index is 1040. The highest BCUT2D eigenvalue weighted by atomic mass is 35.5. The molecule has 2 aromatic carbocycles. The molecule has 1 aromatic heterocycles. The van der Waals surface area contributed by atoms with E-state index in [1.165, 1.54) is 12.8 Å². The van der Waals surface area contributed by atoms with Gasteiger partial charge in [-0.3, -0.25) is 4.90 Å². The van der Waals surface area contributed by atoms with Crippen molar-refractivity contribution in [3.05, 3.63) is 70.9 Å². The third kappa shape index (κ3) is 6.58. The van der Waals surface area contributed by atoms with E-state index in [2.05, 4.69) is 4.90 Å². The van der Waals surface area contributed by atoms with Gasteiger partial charge in [-0.25, -0.2) is 4.68 Å². The molecule has 1 aliphatic carbocycles. The van der Waals surface area contributed by atoms with Crippen LogP contribution >= 0.6 is 11.6 Å². The van der Waals surface area contributed by atoms with Crippen molar-refractivity contribution in [3.63, 3.8) is 0 Å². The number of halogens is 1. The van der Waals surface area contributed by atoms with Gasteiger partial charge in [0, 0.05) is 31.3 Å². The number of para-hydroxylation sites is 1. The number of rotatable bonds is 12. The van der Waals surface area contributed by atoms with Crippen molar-refractivity contribution < 1.29 is 14.6 Å². The van der Waals surface area contributed by atoms with E-state index < -0.39 is 6.10 Å². The lowest BCUT2D eigenvalue weighted by Gasteiger charge is -2.25. The Kier molecular flexibility index (Phi) is 8.04. The monoisotopic (exact) mass is 469 g/mol. The number of aromatic nitrogens is 2. The van der Waals surface area contributed by atoms with E-state index in [1.807, 2.05) is 73.1 Å². The Morgan fingerprint density at radius 3 is 2.67 bits per heavy atom. The first-order valence-corrected chi connectivity index (χ1v) is 12.0. The van der Waals surface area contributed by atoms with E-state index in [1.54, 1.807) is 0 Å². The normalized spacial score (nSPS) is 14.6. The number of benzene rings is 2. The van der Waals surface area contributed by atoms with Crippen LogP contribution in [-0.2, 0) is 11.3 Å². The third-order valence-corrected chi connectivity index (χ3v) is 5.96. The van der Waals surface area contributed by atoms with Crippen molar-refractivity contribution >= 4 is 11.6 Å². The predicted molar refractivity (Wildman–Crippen MR) is 130 cm³/mol. The predicted octanol–water partition coefficient (Wildman–Crippen LogP) is 5.24. The number of aliphatic hydroxyl groups is 1. The lowest BCUT2D eigenvalue weighted by molar-refractivity contribution is 0.0186. The largest absolute Gasteiger partial charge is 0.439 e. The molecule has 0 saturated heterocycles. The first-order chi connectivity index (χ1) is 16.0. The van der Waals surface area contributed by atoms with Crippen LogP contribution in [-0.4, -0.2) is 52.2 Å². The average Bonchev–Trinajstić information content (AvgIpc) is 3.57. The third-order valence-electron chi connectivity index (χ3n) is 5.73. The van der Waals surface area contributed by atoms with Crippen LogP contribution in [0.1, 0.15) is 31.0 Å². The Morgan fingerprint density at radius 2 is 1.97 bits per heavy atom. The zero-order valence-electron chi connectivity index (χ0n) is 19.3. The Balaban J connectivity index is 1.66. The molecule has 0 bridgehead atoms. The minimum atomic E-state index is -0.537. The lowest BCUT2D eigenvalue weighted by Crippen LogP contribution is -2.36. The van der Waals surface area contributed by atoms with Crippen molar-refractivity contribution in [2.75, 3.05) is 26.3 Å². The molecule has 6 nitrogen and oxygen atoms in total. The molecule has 1 aliphatic rings. The van der Waals surface area contributed by atoms with E-state index in [9.17, 15) is 5.11 Å². The quantitative estimate of drug-likeness (QED) is 0.393. The van der Waals surface area contributed by atoms with E-state index in [0.717, 1.165) is 29.2 Å². The van der Waals surface area contributed by atoms with Gasteiger partial charge in [-0.1, -0.05) is 35.9 Å². The van der Waals surface area contributed by atoms with Crippen LogP contribution in [0.2, 0.25) is 5.02 Å². The minimum absolute atomic E-state index is 0.339. The summed E-state index contributed by atoms with van der Waals surface area (Å²) in [6.07, 6.45) is 1.95. The van der Waals surface area contributed by atoms with Crippen LogP contribution in [0.5, 0.6) is 11.6 Å². The Labute approximate surface area is 200 Å². The van der Waals surface area contributed by atoms with Gasteiger partial charge in [0.15, 0.2) is 0 Å². The number of aryl methyl sites for hydroxylation is 1. The molecule has 0 amide bonds. The summed E-state index contributed by atoms with van der Waals surface area (Å²) in [4.78, 5) is 2.30. The Morgan fingerprint density at radius 1 is 1.18 bits per heavy atom. The molecule has 0 aliphatic heterocycles. The van der Waals surface area contributed by atoms with Crippen molar-refractivity contribution in [2.45, 2.75) is 39.3 Å². The number of aliphatic hydroxyl groups excluding tert-OH is 1. The second-order valence-corrected chi connectivity index (χ2v) is 9.06. The fourth-order valence-corrected chi connectivity index (χ4v) is 4.09. The zero-order chi connectivity index (χ0) is 23.2. The van der Waals surface area contributed by atoms with Crippen molar-refractivity contribution in [2.24, 2.45) is 5.92 Å². The molecule has 0 spiro atoms. The van der Waals surface area contributed by atoms with Crippen LogP contribution in [0.25, 0.3) is 5.69 Å². The first-order valence-electron chi connectivity index (χ1n) is 11.6. The van der Waals surface area contributed by atoms with Crippen LogP contribution < -0.4 is 4.74 Å². The molecule has 33 heavy (non-hydrogen) atoms. The summed E-state index contributed by atoms with van der Waals surface area (Å²) in [6.45, 7) is 6.99. The molecule has 0 unspecified atom stereocenters. The molecule has 1 atom stereocenters. The highest BCUT2D eigenvalue weighted by Gasteiger charge is 2.28.